The minimum absolute atomic E-state index is 0.0558. The molecule has 0 aromatic heterocycles. The third-order valence-corrected chi connectivity index (χ3v) is 3.44. The van der Waals surface area contributed by atoms with Crippen LogP contribution in [0.15, 0.2) is 22.7 Å². The molecule has 0 atom stereocenters. The lowest BCUT2D eigenvalue weighted by Crippen LogP contribution is -2.05. The minimum atomic E-state index is -0.415. The van der Waals surface area contributed by atoms with Gasteiger partial charge in [-0.1, -0.05) is 25.5 Å². The number of hydrogen-bond donors (Lipinski definition) is 0. The zero-order valence-corrected chi connectivity index (χ0v) is 12.5. The van der Waals surface area contributed by atoms with Gasteiger partial charge in [-0.05, 0) is 27.9 Å². The van der Waals surface area contributed by atoms with Gasteiger partial charge in [0.25, 0.3) is 5.69 Å². The van der Waals surface area contributed by atoms with Crippen LogP contribution in [0.4, 0.5) is 5.69 Å². The summed E-state index contributed by atoms with van der Waals surface area (Å²) in [6.45, 7) is 4.23. The van der Waals surface area contributed by atoms with E-state index in [-0.39, 0.29) is 5.69 Å². The number of benzene rings is 1. The van der Waals surface area contributed by atoms with E-state index >= 15 is 0 Å². The lowest BCUT2D eigenvalue weighted by Gasteiger charge is -2.07. The molecular weight excluding hydrogens is 314 g/mol. The first kappa shape index (κ1) is 16.1. The molecule has 19 heavy (non-hydrogen) atoms. The minimum Gasteiger partial charge on any atom is -0.379 e. The highest BCUT2D eigenvalue weighted by Crippen LogP contribution is 2.28. The number of ether oxygens (including phenoxy) is 2. The number of nitro benzene ring substituents is 1. The molecule has 0 spiro atoms. The van der Waals surface area contributed by atoms with Crippen LogP contribution in [0.2, 0.25) is 0 Å². The second-order valence-electron chi connectivity index (χ2n) is 4.03. The topological polar surface area (TPSA) is 61.6 Å². The predicted octanol–water partition coefficient (Wildman–Crippen LogP) is 3.69. The van der Waals surface area contributed by atoms with E-state index in [0.29, 0.717) is 24.3 Å². The monoisotopic (exact) mass is 331 g/mol. The number of hydrogen-bond acceptors (Lipinski definition) is 4. The molecule has 0 fully saturated rings. The second-order valence-corrected chi connectivity index (χ2v) is 4.82. The molecule has 0 heterocycles. The fourth-order valence-electron chi connectivity index (χ4n) is 1.47. The highest BCUT2D eigenvalue weighted by molar-refractivity contribution is 9.10. The Balaban J connectivity index is 2.33. The van der Waals surface area contributed by atoms with Crippen LogP contribution in [0.5, 0.6) is 0 Å². The average Bonchev–Trinajstić information content (AvgIpc) is 2.39. The molecule has 1 rings (SSSR count). The van der Waals surface area contributed by atoms with Gasteiger partial charge in [-0.15, -0.1) is 0 Å². The van der Waals surface area contributed by atoms with Crippen LogP contribution in [0.1, 0.15) is 25.3 Å². The van der Waals surface area contributed by atoms with Crippen LogP contribution in [-0.2, 0) is 16.1 Å². The smallest absolute Gasteiger partial charge is 0.283 e. The van der Waals surface area contributed by atoms with Gasteiger partial charge >= 0.3 is 0 Å². The second kappa shape index (κ2) is 9.01. The van der Waals surface area contributed by atoms with Gasteiger partial charge in [-0.2, -0.15) is 0 Å². The maximum atomic E-state index is 10.8. The van der Waals surface area contributed by atoms with Gasteiger partial charge in [0.1, 0.15) is 4.47 Å². The number of nitrogens with zero attached hydrogens (tertiary/aromatic N) is 1. The summed E-state index contributed by atoms with van der Waals surface area (Å²) in [6.07, 6.45) is 2.16. The Bertz CT molecular complexity index is 412. The number of rotatable bonds is 9. The zero-order chi connectivity index (χ0) is 14.1. The maximum absolute atomic E-state index is 10.8. The Morgan fingerprint density at radius 1 is 1.26 bits per heavy atom. The Kier molecular flexibility index (Phi) is 7.62. The molecule has 0 bridgehead atoms. The molecular formula is C13H18BrNO4. The van der Waals surface area contributed by atoms with Crippen molar-refractivity contribution in [3.63, 3.8) is 0 Å². The quantitative estimate of drug-likeness (QED) is 0.393. The summed E-state index contributed by atoms with van der Waals surface area (Å²) >= 11 is 3.23. The highest BCUT2D eigenvalue weighted by Gasteiger charge is 2.14. The van der Waals surface area contributed by atoms with Gasteiger partial charge < -0.3 is 9.47 Å². The van der Waals surface area contributed by atoms with Gasteiger partial charge in [-0.25, -0.2) is 0 Å². The van der Waals surface area contributed by atoms with E-state index < -0.39 is 4.92 Å². The van der Waals surface area contributed by atoms with Gasteiger partial charge in [0.2, 0.25) is 0 Å². The van der Waals surface area contributed by atoms with Crippen LogP contribution in [-0.4, -0.2) is 24.7 Å². The molecule has 0 aliphatic carbocycles. The van der Waals surface area contributed by atoms with Gasteiger partial charge in [0, 0.05) is 12.7 Å². The number of halogens is 1. The molecule has 0 saturated heterocycles. The van der Waals surface area contributed by atoms with Crippen molar-refractivity contribution in [3.8, 4) is 0 Å². The van der Waals surface area contributed by atoms with Crippen molar-refractivity contribution < 1.29 is 14.4 Å². The summed E-state index contributed by atoms with van der Waals surface area (Å²) in [5.41, 5.74) is 0.822. The Morgan fingerprint density at radius 3 is 2.68 bits per heavy atom. The lowest BCUT2D eigenvalue weighted by molar-refractivity contribution is -0.385. The lowest BCUT2D eigenvalue weighted by atomic mass is 10.2. The number of unbranched alkanes of at least 4 members (excludes halogenated alkanes) is 1. The van der Waals surface area contributed by atoms with E-state index in [2.05, 4.69) is 22.9 Å². The molecule has 0 N–H and O–H groups in total. The van der Waals surface area contributed by atoms with E-state index in [9.17, 15) is 10.1 Å². The molecule has 0 saturated carbocycles. The first-order valence-electron chi connectivity index (χ1n) is 6.24. The summed E-state index contributed by atoms with van der Waals surface area (Å²) in [5.74, 6) is 0. The molecule has 5 nitrogen and oxygen atoms in total. The summed E-state index contributed by atoms with van der Waals surface area (Å²) in [4.78, 5) is 10.4. The zero-order valence-electron chi connectivity index (χ0n) is 10.9. The van der Waals surface area contributed by atoms with Crippen LogP contribution >= 0.6 is 15.9 Å². The van der Waals surface area contributed by atoms with E-state index in [0.717, 1.165) is 25.0 Å². The van der Waals surface area contributed by atoms with Crippen molar-refractivity contribution >= 4 is 21.6 Å². The molecule has 0 radical (unpaired) electrons. The van der Waals surface area contributed by atoms with E-state index in [1.54, 1.807) is 12.1 Å². The van der Waals surface area contributed by atoms with Crippen LogP contribution < -0.4 is 0 Å². The molecule has 1 aromatic rings. The normalized spacial score (nSPS) is 10.6. The van der Waals surface area contributed by atoms with E-state index in [1.807, 2.05) is 0 Å². The van der Waals surface area contributed by atoms with Crippen LogP contribution in [0.25, 0.3) is 0 Å². The van der Waals surface area contributed by atoms with Crippen LogP contribution in [0.3, 0.4) is 0 Å². The van der Waals surface area contributed by atoms with E-state index in [4.69, 9.17) is 9.47 Å². The SMILES string of the molecule is CCCCOCCOCc1cccc([N+](=O)[O-])c1Br. The molecule has 0 amide bonds. The van der Waals surface area contributed by atoms with Crippen molar-refractivity contribution in [1.82, 2.24) is 0 Å². The molecule has 106 valence electrons. The standard InChI is InChI=1S/C13H18BrNO4/c1-2-3-7-18-8-9-19-10-11-5-4-6-12(13(11)14)15(16)17/h4-6H,2-3,7-10H2,1H3. The van der Waals surface area contributed by atoms with Gasteiger partial charge in [-0.3, -0.25) is 10.1 Å². The van der Waals surface area contributed by atoms with E-state index in [1.165, 1.54) is 6.07 Å². The predicted molar refractivity (Wildman–Crippen MR) is 76.2 cm³/mol. The molecule has 6 heteroatoms. The summed E-state index contributed by atoms with van der Waals surface area (Å²) in [5, 5.41) is 10.8. The third-order valence-electron chi connectivity index (χ3n) is 2.53. The fourth-order valence-corrected chi connectivity index (χ4v) is 1.99. The molecule has 0 unspecified atom stereocenters. The molecule has 1 aromatic carbocycles. The number of nitro groups is 1. The Hall–Kier alpha value is -0.980. The van der Waals surface area contributed by atoms with Gasteiger partial charge in [0.15, 0.2) is 0 Å². The summed E-state index contributed by atoms with van der Waals surface area (Å²) in [7, 11) is 0. The highest BCUT2D eigenvalue weighted by atomic mass is 79.9. The van der Waals surface area contributed by atoms with Crippen LogP contribution in [0, 0.1) is 10.1 Å². The Morgan fingerprint density at radius 2 is 2.00 bits per heavy atom. The van der Waals surface area contributed by atoms with Crippen molar-refractivity contribution in [2.75, 3.05) is 19.8 Å². The van der Waals surface area contributed by atoms with Crippen molar-refractivity contribution in [2.45, 2.75) is 26.4 Å². The van der Waals surface area contributed by atoms with Gasteiger partial charge in [0.05, 0.1) is 24.7 Å². The Labute approximate surface area is 121 Å². The van der Waals surface area contributed by atoms with Crippen molar-refractivity contribution in [3.05, 3.63) is 38.3 Å². The summed E-state index contributed by atoms with van der Waals surface area (Å²) in [6, 6.07) is 4.91. The van der Waals surface area contributed by atoms with Crippen molar-refractivity contribution in [2.24, 2.45) is 0 Å². The first-order chi connectivity index (χ1) is 9.16. The van der Waals surface area contributed by atoms with Crippen molar-refractivity contribution in [1.29, 1.82) is 0 Å². The fraction of sp³-hybridized carbons (Fsp3) is 0.538. The average molecular weight is 332 g/mol. The molecule has 0 aliphatic rings. The molecule has 0 aliphatic heterocycles. The maximum Gasteiger partial charge on any atom is 0.283 e. The third kappa shape index (κ3) is 5.67. The first-order valence-corrected chi connectivity index (χ1v) is 7.03. The summed E-state index contributed by atoms with van der Waals surface area (Å²) < 4.78 is 11.3. The largest absolute Gasteiger partial charge is 0.379 e.